The van der Waals surface area contributed by atoms with Crippen molar-refractivity contribution in [2.75, 3.05) is 33.9 Å². The molecule has 2 saturated heterocycles. The van der Waals surface area contributed by atoms with E-state index in [2.05, 4.69) is 4.74 Å². The molecule has 2 aliphatic heterocycles. The van der Waals surface area contributed by atoms with Crippen LogP contribution in [0, 0.1) is 10.1 Å². The average molecular weight is 556 g/mol. The maximum atomic E-state index is 12.9. The third kappa shape index (κ3) is 6.20. The van der Waals surface area contributed by atoms with Crippen LogP contribution in [0.4, 0.5) is 10.5 Å². The van der Waals surface area contributed by atoms with Crippen LogP contribution in [0.25, 0.3) is 6.08 Å². The Hall–Kier alpha value is -4.39. The molecule has 0 aromatic heterocycles. The molecule has 204 valence electrons. The summed E-state index contributed by atoms with van der Waals surface area (Å²) in [6.07, 6.45) is 4.36. The topological polar surface area (TPSA) is 146 Å². The van der Waals surface area contributed by atoms with Crippen molar-refractivity contribution >= 4 is 46.5 Å². The predicted octanol–water partition coefficient (Wildman–Crippen LogP) is 4.23. The van der Waals surface area contributed by atoms with E-state index in [4.69, 9.17) is 9.47 Å². The summed E-state index contributed by atoms with van der Waals surface area (Å²) in [4.78, 5) is 63.3. The highest BCUT2D eigenvalue weighted by atomic mass is 32.2. The second-order valence-corrected chi connectivity index (χ2v) is 9.65. The SMILES string of the molecule is COC(=O)c1ccc(Oc2ccc(/C=C3\SC(=O)N(CC(=O)N4CCCCC4)C3=O)cc2OC)c([N+](=O)[O-])c1. The van der Waals surface area contributed by atoms with Crippen LogP contribution in [0.3, 0.4) is 0 Å². The van der Waals surface area contributed by atoms with Gasteiger partial charge < -0.3 is 19.1 Å². The highest BCUT2D eigenvalue weighted by Gasteiger charge is 2.37. The number of benzene rings is 2. The summed E-state index contributed by atoms with van der Waals surface area (Å²) in [6.45, 7) is 0.945. The van der Waals surface area contributed by atoms with Gasteiger partial charge in [0.25, 0.3) is 11.1 Å². The van der Waals surface area contributed by atoms with Gasteiger partial charge in [-0.05, 0) is 66.9 Å². The van der Waals surface area contributed by atoms with Crippen molar-refractivity contribution in [3.8, 4) is 17.2 Å². The largest absolute Gasteiger partial charge is 0.493 e. The summed E-state index contributed by atoms with van der Waals surface area (Å²) in [5, 5.41) is 11.0. The van der Waals surface area contributed by atoms with E-state index in [0.717, 1.165) is 42.0 Å². The fourth-order valence-electron chi connectivity index (χ4n) is 4.13. The van der Waals surface area contributed by atoms with Crippen molar-refractivity contribution in [3.05, 3.63) is 62.5 Å². The quantitative estimate of drug-likeness (QED) is 0.201. The fraction of sp³-hybridized carbons (Fsp3) is 0.308. The van der Waals surface area contributed by atoms with Crippen LogP contribution in [0.1, 0.15) is 35.2 Å². The van der Waals surface area contributed by atoms with Crippen LogP contribution in [-0.2, 0) is 14.3 Å². The summed E-state index contributed by atoms with van der Waals surface area (Å²) >= 11 is 0.739. The number of piperidine rings is 1. The molecule has 2 aliphatic rings. The van der Waals surface area contributed by atoms with Gasteiger partial charge in [0, 0.05) is 19.2 Å². The van der Waals surface area contributed by atoms with Crippen LogP contribution in [0.2, 0.25) is 0 Å². The van der Waals surface area contributed by atoms with Gasteiger partial charge in [-0.2, -0.15) is 0 Å². The summed E-state index contributed by atoms with van der Waals surface area (Å²) in [7, 11) is 2.54. The highest BCUT2D eigenvalue weighted by Crippen LogP contribution is 2.39. The van der Waals surface area contributed by atoms with E-state index in [0.29, 0.717) is 18.7 Å². The molecule has 0 radical (unpaired) electrons. The number of nitrogens with zero attached hydrogens (tertiary/aromatic N) is 3. The number of hydrogen-bond donors (Lipinski definition) is 0. The van der Waals surface area contributed by atoms with E-state index in [-0.39, 0.29) is 40.2 Å². The smallest absolute Gasteiger partial charge is 0.338 e. The number of amides is 3. The Balaban J connectivity index is 1.52. The zero-order valence-electron chi connectivity index (χ0n) is 21.2. The van der Waals surface area contributed by atoms with E-state index in [1.165, 1.54) is 44.6 Å². The number of ether oxygens (including phenoxy) is 3. The van der Waals surface area contributed by atoms with Crippen molar-refractivity contribution < 1.29 is 38.3 Å². The molecule has 39 heavy (non-hydrogen) atoms. The first kappa shape index (κ1) is 27.6. The van der Waals surface area contributed by atoms with Crippen LogP contribution >= 0.6 is 11.8 Å². The van der Waals surface area contributed by atoms with Gasteiger partial charge in [-0.1, -0.05) is 6.07 Å². The van der Waals surface area contributed by atoms with Crippen LogP contribution in [0.5, 0.6) is 17.2 Å². The average Bonchev–Trinajstić information content (AvgIpc) is 3.20. The molecule has 0 aliphatic carbocycles. The second kappa shape index (κ2) is 12.0. The van der Waals surface area contributed by atoms with Gasteiger partial charge in [-0.25, -0.2) is 4.79 Å². The lowest BCUT2D eigenvalue weighted by Crippen LogP contribution is -2.44. The van der Waals surface area contributed by atoms with Crippen molar-refractivity contribution in [3.63, 3.8) is 0 Å². The third-order valence-electron chi connectivity index (χ3n) is 6.16. The van der Waals surface area contributed by atoms with Crippen LogP contribution in [0.15, 0.2) is 41.3 Å². The lowest BCUT2D eigenvalue weighted by molar-refractivity contribution is -0.385. The number of esters is 1. The summed E-state index contributed by atoms with van der Waals surface area (Å²) in [6, 6.07) is 8.27. The Morgan fingerprint density at radius 2 is 1.74 bits per heavy atom. The van der Waals surface area contributed by atoms with Gasteiger partial charge in [-0.15, -0.1) is 0 Å². The lowest BCUT2D eigenvalue weighted by Gasteiger charge is -2.27. The number of thioether (sulfide) groups is 1. The Kier molecular flexibility index (Phi) is 8.49. The van der Waals surface area contributed by atoms with E-state index < -0.39 is 27.7 Å². The second-order valence-electron chi connectivity index (χ2n) is 8.65. The number of carbonyl (C=O) groups excluding carboxylic acids is 4. The molecule has 2 aromatic rings. The third-order valence-corrected chi connectivity index (χ3v) is 7.07. The Bertz CT molecular complexity index is 1370. The minimum atomic E-state index is -0.730. The molecule has 0 spiro atoms. The number of hydrogen-bond acceptors (Lipinski definition) is 10. The lowest BCUT2D eigenvalue weighted by atomic mass is 10.1. The monoisotopic (exact) mass is 555 g/mol. The number of nitro groups is 1. The molecule has 2 fully saturated rings. The first-order valence-corrected chi connectivity index (χ1v) is 12.8. The molecular formula is C26H25N3O9S. The number of likely N-dealkylation sites (tertiary alicyclic amines) is 1. The number of imide groups is 1. The Morgan fingerprint density at radius 1 is 1.03 bits per heavy atom. The molecule has 0 unspecified atom stereocenters. The standard InChI is InChI=1S/C26H25N3O9S/c1-36-21-12-16(6-8-20(21)38-19-9-7-17(25(32)37-2)14-18(19)29(34)35)13-22-24(31)28(26(33)39-22)15-23(30)27-10-4-3-5-11-27/h6-9,12-14H,3-5,10-11,15H2,1-2H3/b22-13-. The molecule has 0 atom stereocenters. The fourth-order valence-corrected chi connectivity index (χ4v) is 4.97. The minimum absolute atomic E-state index is 0.00885. The molecular weight excluding hydrogens is 530 g/mol. The summed E-state index contributed by atoms with van der Waals surface area (Å²) in [5.41, 5.74) is 0.0461. The van der Waals surface area contributed by atoms with E-state index in [9.17, 15) is 29.3 Å². The number of carbonyl (C=O) groups is 4. The molecule has 2 heterocycles. The molecule has 13 heteroatoms. The molecule has 0 saturated carbocycles. The van der Waals surface area contributed by atoms with Gasteiger partial charge in [0.1, 0.15) is 6.54 Å². The maximum Gasteiger partial charge on any atom is 0.338 e. The predicted molar refractivity (Wildman–Crippen MR) is 141 cm³/mol. The van der Waals surface area contributed by atoms with E-state index in [1.54, 1.807) is 11.0 Å². The van der Waals surface area contributed by atoms with Crippen molar-refractivity contribution in [2.45, 2.75) is 19.3 Å². The number of rotatable bonds is 8. The number of methoxy groups -OCH3 is 2. The first-order chi connectivity index (χ1) is 18.7. The van der Waals surface area contributed by atoms with Gasteiger partial charge >= 0.3 is 11.7 Å². The van der Waals surface area contributed by atoms with Crippen LogP contribution < -0.4 is 9.47 Å². The van der Waals surface area contributed by atoms with Crippen LogP contribution in [-0.4, -0.2) is 71.6 Å². The van der Waals surface area contributed by atoms with Crippen molar-refractivity contribution in [1.29, 1.82) is 0 Å². The Labute approximate surface area is 227 Å². The van der Waals surface area contributed by atoms with E-state index in [1.807, 2.05) is 0 Å². The van der Waals surface area contributed by atoms with Gasteiger partial charge in [0.05, 0.1) is 29.6 Å². The molecule has 12 nitrogen and oxygen atoms in total. The van der Waals surface area contributed by atoms with Gasteiger partial charge in [0.15, 0.2) is 11.5 Å². The molecule has 0 bridgehead atoms. The highest BCUT2D eigenvalue weighted by molar-refractivity contribution is 8.18. The first-order valence-electron chi connectivity index (χ1n) is 12.0. The maximum absolute atomic E-state index is 12.9. The molecule has 2 aromatic carbocycles. The van der Waals surface area contributed by atoms with Crippen molar-refractivity contribution in [1.82, 2.24) is 9.80 Å². The normalized spacial score (nSPS) is 16.4. The van der Waals surface area contributed by atoms with Crippen molar-refractivity contribution in [2.24, 2.45) is 0 Å². The summed E-state index contributed by atoms with van der Waals surface area (Å²) < 4.78 is 15.7. The molecule has 0 N–H and O–H groups in total. The minimum Gasteiger partial charge on any atom is -0.493 e. The van der Waals surface area contributed by atoms with E-state index >= 15 is 0 Å². The Morgan fingerprint density at radius 3 is 2.41 bits per heavy atom. The van der Waals surface area contributed by atoms with Gasteiger partial charge in [-0.3, -0.25) is 29.4 Å². The zero-order chi connectivity index (χ0) is 28.1. The van der Waals surface area contributed by atoms with Gasteiger partial charge in [0.2, 0.25) is 11.7 Å². The molecule has 3 amide bonds. The summed E-state index contributed by atoms with van der Waals surface area (Å²) in [5.74, 6) is -1.32. The molecule has 4 rings (SSSR count). The number of nitro benzene ring substituents is 1. The zero-order valence-corrected chi connectivity index (χ0v) is 22.0.